The summed E-state index contributed by atoms with van der Waals surface area (Å²) >= 11 is 0. The number of aromatic carboxylic acids is 1. The summed E-state index contributed by atoms with van der Waals surface area (Å²) in [5.41, 5.74) is 0. The van der Waals surface area contributed by atoms with E-state index in [4.69, 9.17) is 9.52 Å². The van der Waals surface area contributed by atoms with Crippen LogP contribution in [0, 0.1) is 0 Å². The van der Waals surface area contributed by atoms with E-state index in [1.807, 2.05) is 0 Å². The highest BCUT2D eigenvalue weighted by Crippen LogP contribution is 2.27. The van der Waals surface area contributed by atoms with E-state index >= 15 is 0 Å². The van der Waals surface area contributed by atoms with Gasteiger partial charge in [0.2, 0.25) is 5.76 Å². The van der Waals surface area contributed by atoms with E-state index in [-0.39, 0.29) is 18.3 Å². The first kappa shape index (κ1) is 13.9. The summed E-state index contributed by atoms with van der Waals surface area (Å²) < 4.78 is 5.10. The van der Waals surface area contributed by atoms with Crippen LogP contribution < -0.4 is 5.32 Å². The Morgan fingerprint density at radius 2 is 1.95 bits per heavy atom. The van der Waals surface area contributed by atoms with Gasteiger partial charge in [-0.3, -0.25) is 4.90 Å². The van der Waals surface area contributed by atoms with Gasteiger partial charge in [-0.25, -0.2) is 9.59 Å². The average Bonchev–Trinajstić information content (AvgIpc) is 3.23. The standard InChI is InChI=1S/C14H19N3O4/c18-13(19)12-4-3-11(21-12)9-15-14(20)17-7-5-16(6-8-17)10-1-2-10/h3-4,10H,1-2,5-9H2,(H,15,20)(H,18,19). The van der Waals surface area contributed by atoms with Crippen LogP contribution in [0.1, 0.15) is 29.2 Å². The fourth-order valence-electron chi connectivity index (χ4n) is 2.59. The highest BCUT2D eigenvalue weighted by molar-refractivity contribution is 5.84. The van der Waals surface area contributed by atoms with Gasteiger partial charge in [-0.1, -0.05) is 0 Å². The molecule has 0 unspecified atom stereocenters. The van der Waals surface area contributed by atoms with Crippen molar-refractivity contribution in [3.8, 4) is 0 Å². The number of hydrogen-bond acceptors (Lipinski definition) is 4. The molecule has 7 nitrogen and oxygen atoms in total. The fraction of sp³-hybridized carbons (Fsp3) is 0.571. The molecule has 21 heavy (non-hydrogen) atoms. The summed E-state index contributed by atoms with van der Waals surface area (Å²) in [5.74, 6) is -0.779. The molecule has 0 radical (unpaired) electrons. The number of urea groups is 1. The van der Waals surface area contributed by atoms with Crippen molar-refractivity contribution >= 4 is 12.0 Å². The van der Waals surface area contributed by atoms with E-state index in [1.54, 1.807) is 11.0 Å². The number of carboxylic acid groups (broad SMARTS) is 1. The SMILES string of the molecule is O=C(O)c1ccc(CNC(=O)N2CCN(C3CC3)CC2)o1. The van der Waals surface area contributed by atoms with E-state index in [2.05, 4.69) is 10.2 Å². The van der Waals surface area contributed by atoms with Crippen LogP contribution in [-0.2, 0) is 6.54 Å². The van der Waals surface area contributed by atoms with Crippen molar-refractivity contribution in [1.29, 1.82) is 0 Å². The Labute approximate surface area is 122 Å². The minimum absolute atomic E-state index is 0.114. The van der Waals surface area contributed by atoms with E-state index in [0.717, 1.165) is 32.2 Å². The van der Waals surface area contributed by atoms with Gasteiger partial charge in [0, 0.05) is 32.2 Å². The van der Waals surface area contributed by atoms with E-state index in [9.17, 15) is 9.59 Å². The summed E-state index contributed by atoms with van der Waals surface area (Å²) in [4.78, 5) is 27.0. The molecule has 1 saturated heterocycles. The Morgan fingerprint density at radius 3 is 2.52 bits per heavy atom. The normalized spacial score (nSPS) is 19.5. The zero-order valence-electron chi connectivity index (χ0n) is 11.7. The number of amides is 2. The van der Waals surface area contributed by atoms with Crippen LogP contribution >= 0.6 is 0 Å². The molecule has 2 N–H and O–H groups in total. The number of hydrogen-bond donors (Lipinski definition) is 2. The molecule has 0 spiro atoms. The second kappa shape index (κ2) is 5.77. The van der Waals surface area contributed by atoms with Crippen molar-refractivity contribution in [3.05, 3.63) is 23.7 Å². The lowest BCUT2D eigenvalue weighted by molar-refractivity contribution is 0.0660. The molecule has 2 amide bonds. The van der Waals surface area contributed by atoms with Crippen LogP contribution in [0.5, 0.6) is 0 Å². The molecule has 2 fully saturated rings. The summed E-state index contributed by atoms with van der Waals surface area (Å²) in [5, 5.41) is 11.5. The summed E-state index contributed by atoms with van der Waals surface area (Å²) in [6.07, 6.45) is 2.58. The smallest absolute Gasteiger partial charge is 0.371 e. The van der Waals surface area contributed by atoms with Crippen LogP contribution in [0.25, 0.3) is 0 Å². The second-order valence-corrected chi connectivity index (χ2v) is 5.48. The van der Waals surface area contributed by atoms with Crippen LogP contribution in [0.4, 0.5) is 4.79 Å². The van der Waals surface area contributed by atoms with Gasteiger partial charge in [0.1, 0.15) is 5.76 Å². The quantitative estimate of drug-likeness (QED) is 0.864. The molecule has 0 atom stereocenters. The van der Waals surface area contributed by atoms with Gasteiger partial charge in [-0.2, -0.15) is 0 Å². The number of carbonyl (C=O) groups excluding carboxylic acids is 1. The first-order valence-corrected chi connectivity index (χ1v) is 7.22. The molecular weight excluding hydrogens is 274 g/mol. The molecule has 2 heterocycles. The Kier molecular flexibility index (Phi) is 3.83. The predicted octanol–water partition coefficient (Wildman–Crippen LogP) is 0.967. The van der Waals surface area contributed by atoms with Gasteiger partial charge in [-0.15, -0.1) is 0 Å². The van der Waals surface area contributed by atoms with Crippen molar-refractivity contribution < 1.29 is 19.1 Å². The van der Waals surface area contributed by atoms with Crippen LogP contribution in [0.3, 0.4) is 0 Å². The minimum atomic E-state index is -1.11. The minimum Gasteiger partial charge on any atom is -0.475 e. The number of nitrogens with one attached hydrogen (secondary N) is 1. The summed E-state index contributed by atoms with van der Waals surface area (Å²) in [6, 6.07) is 3.57. The molecule has 3 rings (SSSR count). The van der Waals surface area contributed by atoms with E-state index < -0.39 is 5.97 Å². The van der Waals surface area contributed by atoms with Crippen LogP contribution in [-0.4, -0.2) is 59.1 Å². The molecule has 1 aliphatic carbocycles. The maximum atomic E-state index is 12.0. The molecule has 0 bridgehead atoms. The van der Waals surface area contributed by atoms with E-state index in [1.165, 1.54) is 18.9 Å². The number of carbonyl (C=O) groups is 2. The molecular formula is C14H19N3O4. The predicted molar refractivity (Wildman–Crippen MR) is 74.1 cm³/mol. The Balaban J connectivity index is 1.44. The Hall–Kier alpha value is -2.02. The topological polar surface area (TPSA) is 86.0 Å². The maximum Gasteiger partial charge on any atom is 0.371 e. The van der Waals surface area contributed by atoms with E-state index in [0.29, 0.717) is 5.76 Å². The van der Waals surface area contributed by atoms with Crippen molar-refractivity contribution in [2.75, 3.05) is 26.2 Å². The highest BCUT2D eigenvalue weighted by Gasteiger charge is 2.32. The largest absolute Gasteiger partial charge is 0.475 e. The van der Waals surface area contributed by atoms with Gasteiger partial charge in [-0.05, 0) is 25.0 Å². The molecule has 7 heteroatoms. The van der Waals surface area contributed by atoms with Gasteiger partial charge in [0.25, 0.3) is 0 Å². The molecule has 0 aromatic carbocycles. The van der Waals surface area contributed by atoms with Gasteiger partial charge in [0.15, 0.2) is 0 Å². The molecule has 114 valence electrons. The fourth-order valence-corrected chi connectivity index (χ4v) is 2.59. The lowest BCUT2D eigenvalue weighted by Gasteiger charge is -2.34. The van der Waals surface area contributed by atoms with Crippen molar-refractivity contribution in [3.63, 3.8) is 0 Å². The number of carboxylic acids is 1. The molecule has 2 aliphatic rings. The maximum absolute atomic E-state index is 12.0. The monoisotopic (exact) mass is 293 g/mol. The van der Waals surface area contributed by atoms with Gasteiger partial charge < -0.3 is 19.7 Å². The molecule has 1 aliphatic heterocycles. The molecule has 1 aromatic heterocycles. The Morgan fingerprint density at radius 1 is 1.24 bits per heavy atom. The third-order valence-electron chi connectivity index (χ3n) is 3.95. The number of furan rings is 1. The third-order valence-corrected chi connectivity index (χ3v) is 3.95. The zero-order chi connectivity index (χ0) is 14.8. The van der Waals surface area contributed by atoms with Crippen molar-refractivity contribution in [1.82, 2.24) is 15.1 Å². The van der Waals surface area contributed by atoms with Crippen LogP contribution in [0.2, 0.25) is 0 Å². The Bertz CT molecular complexity index is 530. The lowest BCUT2D eigenvalue weighted by atomic mass is 10.3. The first-order valence-electron chi connectivity index (χ1n) is 7.22. The highest BCUT2D eigenvalue weighted by atomic mass is 16.4. The van der Waals surface area contributed by atoms with Gasteiger partial charge >= 0.3 is 12.0 Å². The lowest BCUT2D eigenvalue weighted by Crippen LogP contribution is -2.52. The number of nitrogens with zero attached hydrogens (tertiary/aromatic N) is 2. The third kappa shape index (κ3) is 3.36. The van der Waals surface area contributed by atoms with Crippen LogP contribution in [0.15, 0.2) is 16.5 Å². The number of rotatable bonds is 4. The van der Waals surface area contributed by atoms with Crippen molar-refractivity contribution in [2.45, 2.75) is 25.4 Å². The van der Waals surface area contributed by atoms with Crippen molar-refractivity contribution in [2.24, 2.45) is 0 Å². The summed E-state index contributed by atoms with van der Waals surface area (Å²) in [7, 11) is 0. The zero-order valence-corrected chi connectivity index (χ0v) is 11.7. The molecule has 1 aromatic rings. The first-order chi connectivity index (χ1) is 10.1. The average molecular weight is 293 g/mol. The second-order valence-electron chi connectivity index (χ2n) is 5.48. The molecule has 1 saturated carbocycles. The summed E-state index contributed by atoms with van der Waals surface area (Å²) in [6.45, 7) is 3.54. The number of piperazine rings is 1. The van der Waals surface area contributed by atoms with Gasteiger partial charge in [0.05, 0.1) is 6.54 Å².